The number of aryl methyl sites for hydroxylation is 1. The van der Waals surface area contributed by atoms with Crippen LogP contribution in [0.5, 0.6) is 0 Å². The second-order valence-electron chi connectivity index (χ2n) is 4.63. The topological polar surface area (TPSA) is 55.1 Å². The van der Waals surface area contributed by atoms with Crippen LogP contribution in [0.15, 0.2) is 23.7 Å². The highest BCUT2D eigenvalue weighted by Crippen LogP contribution is 2.22. The molecule has 3 heterocycles. The van der Waals surface area contributed by atoms with Gasteiger partial charge in [0.2, 0.25) is 0 Å². The SMILES string of the molecule is O=C(O)C1CCn2cc(Cc3cccs3)nc2C1. The zero-order chi connectivity index (χ0) is 12.5. The maximum Gasteiger partial charge on any atom is 0.307 e. The molecule has 2 aromatic rings. The molecule has 0 spiro atoms. The fourth-order valence-electron chi connectivity index (χ4n) is 2.37. The number of imidazole rings is 1. The summed E-state index contributed by atoms with van der Waals surface area (Å²) in [6.07, 6.45) is 4.17. The van der Waals surface area contributed by atoms with Crippen molar-refractivity contribution in [1.29, 1.82) is 0 Å². The number of carboxylic acid groups (broad SMARTS) is 1. The molecule has 3 rings (SSSR count). The number of hydrogen-bond donors (Lipinski definition) is 1. The average Bonchev–Trinajstić information content (AvgIpc) is 2.96. The molecule has 0 bridgehead atoms. The Morgan fingerprint density at radius 2 is 2.50 bits per heavy atom. The maximum atomic E-state index is 11.0. The van der Waals surface area contributed by atoms with Crippen molar-refractivity contribution in [2.75, 3.05) is 0 Å². The Morgan fingerprint density at radius 3 is 3.22 bits per heavy atom. The van der Waals surface area contributed by atoms with Gasteiger partial charge in [0.05, 0.1) is 11.6 Å². The van der Waals surface area contributed by atoms with Crippen LogP contribution in [0.1, 0.15) is 22.8 Å². The van der Waals surface area contributed by atoms with Gasteiger partial charge >= 0.3 is 5.97 Å². The van der Waals surface area contributed by atoms with Crippen LogP contribution in [-0.2, 0) is 24.2 Å². The van der Waals surface area contributed by atoms with Gasteiger partial charge in [-0.15, -0.1) is 11.3 Å². The first-order valence-corrected chi connectivity index (χ1v) is 6.90. The minimum atomic E-state index is -0.705. The van der Waals surface area contributed by atoms with E-state index in [2.05, 4.69) is 27.2 Å². The van der Waals surface area contributed by atoms with E-state index < -0.39 is 5.97 Å². The van der Waals surface area contributed by atoms with E-state index >= 15 is 0 Å². The van der Waals surface area contributed by atoms with Crippen molar-refractivity contribution in [3.8, 4) is 0 Å². The van der Waals surface area contributed by atoms with E-state index in [9.17, 15) is 4.79 Å². The zero-order valence-electron chi connectivity index (χ0n) is 9.87. The summed E-state index contributed by atoms with van der Waals surface area (Å²) < 4.78 is 2.10. The first-order chi connectivity index (χ1) is 8.72. The minimum absolute atomic E-state index is 0.269. The van der Waals surface area contributed by atoms with Gasteiger partial charge in [0, 0.05) is 30.5 Å². The van der Waals surface area contributed by atoms with Gasteiger partial charge < -0.3 is 9.67 Å². The summed E-state index contributed by atoms with van der Waals surface area (Å²) >= 11 is 1.73. The van der Waals surface area contributed by atoms with Crippen LogP contribution < -0.4 is 0 Å². The Labute approximate surface area is 109 Å². The third-order valence-electron chi connectivity index (χ3n) is 3.34. The Kier molecular flexibility index (Phi) is 2.91. The number of aliphatic carboxylic acids is 1. The predicted octanol–water partition coefficient (Wildman–Crippen LogP) is 2.18. The molecule has 94 valence electrons. The molecular formula is C13H14N2O2S. The zero-order valence-corrected chi connectivity index (χ0v) is 10.7. The summed E-state index contributed by atoms with van der Waals surface area (Å²) in [5.74, 6) is -0.0567. The molecule has 0 radical (unpaired) electrons. The lowest BCUT2D eigenvalue weighted by Crippen LogP contribution is -2.25. The lowest BCUT2D eigenvalue weighted by atomic mass is 9.98. The molecule has 0 amide bonds. The highest BCUT2D eigenvalue weighted by Gasteiger charge is 2.25. The van der Waals surface area contributed by atoms with E-state index in [0.29, 0.717) is 12.8 Å². The van der Waals surface area contributed by atoms with Crippen LogP contribution in [0.2, 0.25) is 0 Å². The monoisotopic (exact) mass is 262 g/mol. The van der Waals surface area contributed by atoms with Crippen molar-refractivity contribution >= 4 is 17.3 Å². The molecule has 1 aliphatic heterocycles. The fourth-order valence-corrected chi connectivity index (χ4v) is 3.10. The largest absolute Gasteiger partial charge is 0.481 e. The van der Waals surface area contributed by atoms with Crippen molar-refractivity contribution < 1.29 is 9.90 Å². The molecule has 0 saturated carbocycles. The first kappa shape index (κ1) is 11.5. The molecule has 0 aliphatic carbocycles. The van der Waals surface area contributed by atoms with Crippen molar-refractivity contribution in [3.05, 3.63) is 40.1 Å². The molecule has 0 fully saturated rings. The Hall–Kier alpha value is -1.62. The van der Waals surface area contributed by atoms with E-state index in [-0.39, 0.29) is 5.92 Å². The van der Waals surface area contributed by atoms with Gasteiger partial charge in [0.25, 0.3) is 0 Å². The minimum Gasteiger partial charge on any atom is -0.481 e. The summed E-state index contributed by atoms with van der Waals surface area (Å²) in [7, 11) is 0. The van der Waals surface area contributed by atoms with Crippen LogP contribution in [0, 0.1) is 5.92 Å². The molecule has 18 heavy (non-hydrogen) atoms. The molecule has 1 aliphatic rings. The number of aromatic nitrogens is 2. The summed E-state index contributed by atoms with van der Waals surface area (Å²) in [5, 5.41) is 11.1. The van der Waals surface area contributed by atoms with Crippen LogP contribution in [0.4, 0.5) is 0 Å². The second-order valence-corrected chi connectivity index (χ2v) is 5.66. The van der Waals surface area contributed by atoms with Crippen LogP contribution in [-0.4, -0.2) is 20.6 Å². The lowest BCUT2D eigenvalue weighted by molar-refractivity contribution is -0.142. The van der Waals surface area contributed by atoms with Gasteiger partial charge in [-0.05, 0) is 17.9 Å². The Morgan fingerprint density at radius 1 is 1.61 bits per heavy atom. The lowest BCUT2D eigenvalue weighted by Gasteiger charge is -2.19. The standard InChI is InChI=1S/C13H14N2O2S/c16-13(17)9-3-4-15-8-10(14-12(15)6-9)7-11-2-1-5-18-11/h1-2,5,8-9H,3-4,6-7H2,(H,16,17). The molecule has 0 saturated heterocycles. The number of carbonyl (C=O) groups is 1. The Bertz CT molecular complexity index is 560. The normalized spacial score (nSPS) is 18.6. The highest BCUT2D eigenvalue weighted by molar-refractivity contribution is 7.09. The summed E-state index contributed by atoms with van der Waals surface area (Å²) in [6.45, 7) is 0.768. The third-order valence-corrected chi connectivity index (χ3v) is 4.22. The summed E-state index contributed by atoms with van der Waals surface area (Å²) in [6, 6.07) is 4.14. The van der Waals surface area contributed by atoms with E-state index in [1.165, 1.54) is 4.88 Å². The number of carboxylic acids is 1. The van der Waals surface area contributed by atoms with Crippen LogP contribution >= 0.6 is 11.3 Å². The van der Waals surface area contributed by atoms with E-state index in [1.807, 2.05) is 6.07 Å². The molecule has 4 nitrogen and oxygen atoms in total. The van der Waals surface area contributed by atoms with E-state index in [0.717, 1.165) is 24.5 Å². The predicted molar refractivity (Wildman–Crippen MR) is 68.8 cm³/mol. The number of thiophene rings is 1. The molecule has 0 aromatic carbocycles. The van der Waals surface area contributed by atoms with Gasteiger partial charge in [-0.2, -0.15) is 0 Å². The van der Waals surface area contributed by atoms with Gasteiger partial charge in [-0.3, -0.25) is 4.79 Å². The van der Waals surface area contributed by atoms with Gasteiger partial charge in [-0.25, -0.2) is 4.98 Å². The maximum absolute atomic E-state index is 11.0. The number of fused-ring (bicyclic) bond motifs is 1. The summed E-state index contributed by atoms with van der Waals surface area (Å²) in [5.41, 5.74) is 1.04. The number of nitrogens with zero attached hydrogens (tertiary/aromatic N) is 2. The first-order valence-electron chi connectivity index (χ1n) is 6.02. The summed E-state index contributed by atoms with van der Waals surface area (Å²) in [4.78, 5) is 16.8. The van der Waals surface area contributed by atoms with E-state index in [4.69, 9.17) is 5.11 Å². The molecule has 1 unspecified atom stereocenters. The molecule has 2 aromatic heterocycles. The van der Waals surface area contributed by atoms with Crippen molar-refractivity contribution in [2.24, 2.45) is 5.92 Å². The fraction of sp³-hybridized carbons (Fsp3) is 0.385. The highest BCUT2D eigenvalue weighted by atomic mass is 32.1. The van der Waals surface area contributed by atoms with Crippen molar-refractivity contribution in [1.82, 2.24) is 9.55 Å². The number of rotatable bonds is 3. The van der Waals surface area contributed by atoms with Gasteiger partial charge in [0.15, 0.2) is 0 Å². The smallest absolute Gasteiger partial charge is 0.307 e. The third kappa shape index (κ3) is 2.18. The quantitative estimate of drug-likeness (QED) is 0.922. The Balaban J connectivity index is 1.78. The second kappa shape index (κ2) is 4.57. The van der Waals surface area contributed by atoms with Crippen molar-refractivity contribution in [2.45, 2.75) is 25.8 Å². The molecular weight excluding hydrogens is 248 g/mol. The molecule has 1 atom stereocenters. The van der Waals surface area contributed by atoms with E-state index in [1.54, 1.807) is 11.3 Å². The molecule has 5 heteroatoms. The number of hydrogen-bond acceptors (Lipinski definition) is 3. The average molecular weight is 262 g/mol. The molecule has 1 N–H and O–H groups in total. The van der Waals surface area contributed by atoms with Crippen LogP contribution in [0.3, 0.4) is 0 Å². The van der Waals surface area contributed by atoms with Crippen molar-refractivity contribution in [3.63, 3.8) is 0 Å². The van der Waals surface area contributed by atoms with Gasteiger partial charge in [0.1, 0.15) is 5.82 Å². The van der Waals surface area contributed by atoms with Crippen LogP contribution in [0.25, 0.3) is 0 Å². The van der Waals surface area contributed by atoms with Gasteiger partial charge in [-0.1, -0.05) is 6.07 Å².